The molecule has 3 aromatic rings. The highest BCUT2D eigenvalue weighted by atomic mass is 32.2. The van der Waals surface area contributed by atoms with E-state index in [1.54, 1.807) is 16.4 Å². The van der Waals surface area contributed by atoms with E-state index >= 15 is 0 Å². The first-order chi connectivity index (χ1) is 14.5. The summed E-state index contributed by atoms with van der Waals surface area (Å²) in [6, 6.07) is 27.0. The van der Waals surface area contributed by atoms with Crippen molar-refractivity contribution in [3.63, 3.8) is 0 Å². The van der Waals surface area contributed by atoms with Gasteiger partial charge in [0.05, 0.1) is 10.6 Å². The summed E-state index contributed by atoms with van der Waals surface area (Å²) in [4.78, 5) is 2.76. The predicted molar refractivity (Wildman–Crippen MR) is 122 cm³/mol. The molecule has 3 aromatic carbocycles. The van der Waals surface area contributed by atoms with E-state index in [0.29, 0.717) is 4.90 Å². The Morgan fingerprint density at radius 1 is 0.833 bits per heavy atom. The molecule has 1 aliphatic rings. The summed E-state index contributed by atoms with van der Waals surface area (Å²) in [7, 11) is -3.63. The molecule has 0 radical (unpaired) electrons. The fourth-order valence-corrected chi connectivity index (χ4v) is 5.81. The summed E-state index contributed by atoms with van der Waals surface area (Å²) in [6.07, 6.45) is 1.62. The Morgan fingerprint density at radius 3 is 2.00 bits per heavy atom. The van der Waals surface area contributed by atoms with Crippen molar-refractivity contribution >= 4 is 15.7 Å². The standard InChI is InChI=1S/C25H28N2O2S/c1-21-12-14-25(15-13-21)30(28,29)27(23-10-6-3-7-11-23)24-16-18-26(19-17-24)20-22-8-4-2-5-9-22/h2-15,24H,16-20H2,1H3. The fraction of sp³-hybridized carbons (Fsp3) is 0.280. The maximum absolute atomic E-state index is 13.6. The summed E-state index contributed by atoms with van der Waals surface area (Å²) in [5, 5.41) is 0. The summed E-state index contributed by atoms with van der Waals surface area (Å²) in [5.74, 6) is 0. The van der Waals surface area contributed by atoms with Gasteiger partial charge in [-0.15, -0.1) is 0 Å². The molecule has 1 fully saturated rings. The highest BCUT2D eigenvalue weighted by molar-refractivity contribution is 7.92. The van der Waals surface area contributed by atoms with Crippen LogP contribution < -0.4 is 4.31 Å². The Balaban J connectivity index is 1.56. The van der Waals surface area contributed by atoms with Crippen LogP contribution in [-0.4, -0.2) is 32.4 Å². The third-order valence-electron chi connectivity index (χ3n) is 5.73. The van der Waals surface area contributed by atoms with Gasteiger partial charge in [0.2, 0.25) is 0 Å². The van der Waals surface area contributed by atoms with Crippen molar-refractivity contribution in [2.24, 2.45) is 0 Å². The van der Waals surface area contributed by atoms with Gasteiger partial charge in [-0.1, -0.05) is 66.2 Å². The van der Waals surface area contributed by atoms with Crippen LogP contribution in [0.4, 0.5) is 5.69 Å². The number of anilines is 1. The molecule has 4 nitrogen and oxygen atoms in total. The number of rotatable bonds is 6. The fourth-order valence-electron chi connectivity index (χ4n) is 4.10. The molecule has 0 saturated carbocycles. The highest BCUT2D eigenvalue weighted by Crippen LogP contribution is 2.30. The molecule has 0 N–H and O–H groups in total. The van der Waals surface area contributed by atoms with Crippen molar-refractivity contribution in [2.45, 2.75) is 37.2 Å². The lowest BCUT2D eigenvalue weighted by Gasteiger charge is -2.39. The summed E-state index contributed by atoms with van der Waals surface area (Å²) < 4.78 is 28.9. The van der Waals surface area contributed by atoms with E-state index in [0.717, 1.165) is 43.7 Å². The van der Waals surface area contributed by atoms with Crippen molar-refractivity contribution in [3.05, 3.63) is 96.1 Å². The largest absolute Gasteiger partial charge is 0.299 e. The van der Waals surface area contributed by atoms with Gasteiger partial charge in [0.15, 0.2) is 0 Å². The predicted octanol–water partition coefficient (Wildman–Crippen LogP) is 4.85. The molecule has 0 bridgehead atoms. The summed E-state index contributed by atoms with van der Waals surface area (Å²) >= 11 is 0. The zero-order valence-electron chi connectivity index (χ0n) is 17.3. The first-order valence-corrected chi connectivity index (χ1v) is 11.9. The number of sulfonamides is 1. The van der Waals surface area contributed by atoms with Gasteiger partial charge in [-0.05, 0) is 49.6 Å². The molecule has 1 saturated heterocycles. The molecule has 156 valence electrons. The normalized spacial score (nSPS) is 15.8. The average Bonchev–Trinajstić information content (AvgIpc) is 2.77. The van der Waals surface area contributed by atoms with Gasteiger partial charge in [-0.25, -0.2) is 8.42 Å². The van der Waals surface area contributed by atoms with Crippen molar-refractivity contribution in [2.75, 3.05) is 17.4 Å². The van der Waals surface area contributed by atoms with Crippen LogP contribution in [0.25, 0.3) is 0 Å². The van der Waals surface area contributed by atoms with Gasteiger partial charge in [0, 0.05) is 25.7 Å². The quantitative estimate of drug-likeness (QED) is 0.572. The maximum Gasteiger partial charge on any atom is 0.264 e. The topological polar surface area (TPSA) is 40.6 Å². The van der Waals surface area contributed by atoms with Crippen molar-refractivity contribution in [3.8, 4) is 0 Å². The van der Waals surface area contributed by atoms with Crippen LogP contribution in [0.15, 0.2) is 89.8 Å². The lowest BCUT2D eigenvalue weighted by Crippen LogP contribution is -2.47. The lowest BCUT2D eigenvalue weighted by atomic mass is 10.0. The number of hydrogen-bond donors (Lipinski definition) is 0. The minimum Gasteiger partial charge on any atom is -0.299 e. The van der Waals surface area contributed by atoms with E-state index in [1.807, 2.05) is 55.5 Å². The number of aryl methyl sites for hydroxylation is 1. The highest BCUT2D eigenvalue weighted by Gasteiger charge is 2.34. The molecule has 0 spiro atoms. The van der Waals surface area contributed by atoms with Gasteiger partial charge in [0.25, 0.3) is 10.0 Å². The van der Waals surface area contributed by atoms with Gasteiger partial charge >= 0.3 is 0 Å². The van der Waals surface area contributed by atoms with Crippen molar-refractivity contribution in [1.82, 2.24) is 4.90 Å². The number of likely N-dealkylation sites (tertiary alicyclic amines) is 1. The molecular weight excluding hydrogens is 392 g/mol. The molecule has 0 atom stereocenters. The zero-order valence-corrected chi connectivity index (χ0v) is 18.1. The Bertz CT molecular complexity index is 1040. The van der Waals surface area contributed by atoms with Gasteiger partial charge in [-0.2, -0.15) is 0 Å². The van der Waals surface area contributed by atoms with Gasteiger partial charge in [-0.3, -0.25) is 9.21 Å². The van der Waals surface area contributed by atoms with Gasteiger partial charge < -0.3 is 0 Å². The molecule has 0 amide bonds. The van der Waals surface area contributed by atoms with Crippen LogP contribution in [-0.2, 0) is 16.6 Å². The summed E-state index contributed by atoms with van der Waals surface area (Å²) in [5.41, 5.74) is 3.08. The smallest absolute Gasteiger partial charge is 0.264 e. The van der Waals surface area contributed by atoms with Crippen LogP contribution in [0.1, 0.15) is 24.0 Å². The van der Waals surface area contributed by atoms with E-state index in [2.05, 4.69) is 29.2 Å². The van der Waals surface area contributed by atoms with E-state index in [4.69, 9.17) is 0 Å². The Morgan fingerprint density at radius 2 is 1.40 bits per heavy atom. The maximum atomic E-state index is 13.6. The molecule has 0 aliphatic carbocycles. The lowest BCUT2D eigenvalue weighted by molar-refractivity contribution is 0.206. The number of piperidine rings is 1. The zero-order chi connectivity index (χ0) is 21.0. The van der Waals surface area contributed by atoms with Crippen LogP contribution in [0.2, 0.25) is 0 Å². The van der Waals surface area contributed by atoms with Crippen molar-refractivity contribution < 1.29 is 8.42 Å². The third-order valence-corrected chi connectivity index (χ3v) is 7.62. The van der Waals surface area contributed by atoms with Crippen LogP contribution in [0.3, 0.4) is 0 Å². The molecule has 5 heteroatoms. The first-order valence-electron chi connectivity index (χ1n) is 10.5. The minimum atomic E-state index is -3.63. The number of hydrogen-bond acceptors (Lipinski definition) is 3. The summed E-state index contributed by atoms with van der Waals surface area (Å²) in [6.45, 7) is 4.63. The van der Waals surface area contributed by atoms with Crippen LogP contribution in [0.5, 0.6) is 0 Å². The number of nitrogens with zero attached hydrogens (tertiary/aromatic N) is 2. The third kappa shape index (κ3) is 4.58. The molecule has 0 unspecified atom stereocenters. The SMILES string of the molecule is Cc1ccc(S(=O)(=O)N(c2ccccc2)C2CCN(Cc3ccccc3)CC2)cc1. The molecular formula is C25H28N2O2S. The van der Waals surface area contributed by atoms with E-state index in [1.165, 1.54) is 5.56 Å². The van der Waals surface area contributed by atoms with Crippen LogP contribution in [0, 0.1) is 6.92 Å². The second-order valence-corrected chi connectivity index (χ2v) is 9.76. The molecule has 1 aliphatic heterocycles. The Labute approximate surface area is 179 Å². The van der Waals surface area contributed by atoms with E-state index in [9.17, 15) is 8.42 Å². The minimum absolute atomic E-state index is 0.0503. The number of para-hydroxylation sites is 1. The Hall–Kier alpha value is -2.63. The second kappa shape index (κ2) is 9.02. The van der Waals surface area contributed by atoms with Crippen LogP contribution >= 0.6 is 0 Å². The molecule has 0 aromatic heterocycles. The van der Waals surface area contributed by atoms with Crippen molar-refractivity contribution in [1.29, 1.82) is 0 Å². The van der Waals surface area contributed by atoms with E-state index in [-0.39, 0.29) is 6.04 Å². The first kappa shape index (κ1) is 20.6. The second-order valence-electron chi connectivity index (χ2n) is 7.94. The average molecular weight is 421 g/mol. The molecule has 4 rings (SSSR count). The molecule has 1 heterocycles. The Kier molecular flexibility index (Phi) is 6.21. The number of benzene rings is 3. The monoisotopic (exact) mass is 420 g/mol. The van der Waals surface area contributed by atoms with E-state index < -0.39 is 10.0 Å². The van der Waals surface area contributed by atoms with Gasteiger partial charge in [0.1, 0.15) is 0 Å². The molecule has 30 heavy (non-hydrogen) atoms.